The van der Waals surface area contributed by atoms with Crippen LogP contribution in [0.2, 0.25) is 0 Å². The van der Waals surface area contributed by atoms with Gasteiger partial charge in [-0.1, -0.05) is 15.9 Å². The molecule has 8 heteroatoms. The van der Waals surface area contributed by atoms with Crippen molar-refractivity contribution in [3.8, 4) is 0 Å². The van der Waals surface area contributed by atoms with Crippen LogP contribution in [-0.4, -0.2) is 51.3 Å². The zero-order valence-corrected chi connectivity index (χ0v) is 17.3. The highest BCUT2D eigenvalue weighted by atomic mass is 79.9. The van der Waals surface area contributed by atoms with Gasteiger partial charge in [0.05, 0.1) is 13.2 Å². The molecular formula is C17H26BrCl2N3O2. The summed E-state index contributed by atoms with van der Waals surface area (Å²) in [7, 11) is 0. The zero-order valence-electron chi connectivity index (χ0n) is 14.1. The van der Waals surface area contributed by atoms with Crippen molar-refractivity contribution < 1.29 is 9.53 Å². The number of hydrogen-bond donors (Lipinski definition) is 2. The fraction of sp³-hybridized carbons (Fsp3) is 0.588. The number of amides is 1. The monoisotopic (exact) mass is 453 g/mol. The number of benzene rings is 1. The fourth-order valence-corrected chi connectivity index (χ4v) is 3.45. The topological polar surface area (TPSA) is 53.6 Å². The highest BCUT2D eigenvalue weighted by molar-refractivity contribution is 9.10. The van der Waals surface area contributed by atoms with Gasteiger partial charge in [0.25, 0.3) is 0 Å². The van der Waals surface area contributed by atoms with E-state index in [0.717, 1.165) is 43.7 Å². The maximum Gasteiger partial charge on any atom is 0.221 e. The lowest BCUT2D eigenvalue weighted by molar-refractivity contribution is -0.122. The molecule has 0 aliphatic carbocycles. The number of carbonyl (C=O) groups excluding carboxylic acids is 1. The molecule has 2 aliphatic rings. The Balaban J connectivity index is 0.00000156. The van der Waals surface area contributed by atoms with Gasteiger partial charge in [0.15, 0.2) is 0 Å². The molecule has 1 aromatic carbocycles. The summed E-state index contributed by atoms with van der Waals surface area (Å²) < 4.78 is 6.48. The van der Waals surface area contributed by atoms with E-state index < -0.39 is 0 Å². The minimum atomic E-state index is 0. The van der Waals surface area contributed by atoms with Crippen molar-refractivity contribution in [3.05, 3.63) is 28.7 Å². The van der Waals surface area contributed by atoms with E-state index in [1.165, 1.54) is 5.69 Å². The molecule has 2 fully saturated rings. The molecule has 2 saturated heterocycles. The maximum atomic E-state index is 12.0. The third kappa shape index (κ3) is 6.94. The molecule has 0 saturated carbocycles. The Kier molecular flexibility index (Phi) is 10.1. The fourth-order valence-electron chi connectivity index (χ4n) is 3.19. The van der Waals surface area contributed by atoms with Crippen molar-refractivity contribution in [2.24, 2.45) is 5.92 Å². The Morgan fingerprint density at radius 2 is 2.08 bits per heavy atom. The average molecular weight is 455 g/mol. The predicted octanol–water partition coefficient (Wildman–Crippen LogP) is 2.61. The maximum absolute atomic E-state index is 12.0. The molecule has 3 rings (SSSR count). The minimum absolute atomic E-state index is 0. The molecular weight excluding hydrogens is 429 g/mol. The molecule has 2 N–H and O–H groups in total. The van der Waals surface area contributed by atoms with E-state index in [1.54, 1.807) is 0 Å². The van der Waals surface area contributed by atoms with E-state index in [0.29, 0.717) is 18.9 Å². The molecule has 0 bridgehead atoms. The standard InChI is InChI=1S/C17H24BrN3O2.2ClH/c18-14-1-3-16(4-2-14)21-7-5-13(11-21)10-20-17(22)9-15-12-23-8-6-19-15;;/h1-4,13,15,19H,5-12H2,(H,20,22);2*1H. The Bertz CT molecular complexity index is 527. The molecule has 5 nitrogen and oxygen atoms in total. The number of anilines is 1. The van der Waals surface area contributed by atoms with Crippen LogP contribution < -0.4 is 15.5 Å². The lowest BCUT2D eigenvalue weighted by atomic mass is 10.1. The summed E-state index contributed by atoms with van der Waals surface area (Å²) in [6.45, 7) is 5.04. The molecule has 142 valence electrons. The van der Waals surface area contributed by atoms with E-state index in [-0.39, 0.29) is 36.8 Å². The van der Waals surface area contributed by atoms with Crippen molar-refractivity contribution in [2.75, 3.05) is 44.3 Å². The quantitative estimate of drug-likeness (QED) is 0.717. The number of nitrogens with zero attached hydrogens (tertiary/aromatic N) is 1. The summed E-state index contributed by atoms with van der Waals surface area (Å²) >= 11 is 3.47. The molecule has 0 radical (unpaired) electrons. The lowest BCUT2D eigenvalue weighted by Crippen LogP contribution is -2.44. The van der Waals surface area contributed by atoms with Crippen LogP contribution in [0.4, 0.5) is 5.69 Å². The Morgan fingerprint density at radius 3 is 2.76 bits per heavy atom. The van der Waals surface area contributed by atoms with Crippen molar-refractivity contribution in [3.63, 3.8) is 0 Å². The van der Waals surface area contributed by atoms with Crippen LogP contribution in [-0.2, 0) is 9.53 Å². The number of nitrogens with one attached hydrogen (secondary N) is 2. The van der Waals surface area contributed by atoms with E-state index in [9.17, 15) is 4.79 Å². The first-order valence-electron chi connectivity index (χ1n) is 8.29. The van der Waals surface area contributed by atoms with Crippen LogP contribution in [0.15, 0.2) is 28.7 Å². The van der Waals surface area contributed by atoms with Gasteiger partial charge >= 0.3 is 0 Å². The molecule has 25 heavy (non-hydrogen) atoms. The normalized spacial score (nSPS) is 22.7. The van der Waals surface area contributed by atoms with Crippen LogP contribution in [0, 0.1) is 5.92 Å². The van der Waals surface area contributed by atoms with Gasteiger partial charge in [-0.25, -0.2) is 0 Å². The molecule has 2 heterocycles. The lowest BCUT2D eigenvalue weighted by Gasteiger charge is -2.23. The zero-order chi connectivity index (χ0) is 16.1. The highest BCUT2D eigenvalue weighted by Gasteiger charge is 2.24. The molecule has 2 aliphatic heterocycles. The second-order valence-electron chi connectivity index (χ2n) is 6.31. The van der Waals surface area contributed by atoms with Crippen molar-refractivity contribution in [1.29, 1.82) is 0 Å². The predicted molar refractivity (Wildman–Crippen MR) is 109 cm³/mol. The third-order valence-corrected chi connectivity index (χ3v) is 5.02. The molecule has 2 unspecified atom stereocenters. The number of rotatable bonds is 5. The molecule has 0 aromatic heterocycles. The summed E-state index contributed by atoms with van der Waals surface area (Å²) in [5.74, 6) is 0.647. The second kappa shape index (κ2) is 11.2. The first-order valence-corrected chi connectivity index (χ1v) is 9.08. The Hall–Kier alpha value is -0.530. The van der Waals surface area contributed by atoms with Gasteiger partial charge in [0.2, 0.25) is 5.91 Å². The number of hydrogen-bond acceptors (Lipinski definition) is 4. The van der Waals surface area contributed by atoms with Gasteiger partial charge in [0, 0.05) is 48.8 Å². The van der Waals surface area contributed by atoms with Gasteiger partial charge in [0.1, 0.15) is 0 Å². The number of halogens is 3. The SMILES string of the molecule is Cl.Cl.O=C(CC1COCCN1)NCC1CCN(c2ccc(Br)cc2)C1. The largest absolute Gasteiger partial charge is 0.378 e. The first-order chi connectivity index (χ1) is 11.2. The van der Waals surface area contributed by atoms with E-state index in [2.05, 4.69) is 55.7 Å². The first kappa shape index (κ1) is 22.5. The number of carbonyl (C=O) groups is 1. The third-order valence-electron chi connectivity index (χ3n) is 4.50. The highest BCUT2D eigenvalue weighted by Crippen LogP contribution is 2.24. The van der Waals surface area contributed by atoms with Crippen LogP contribution in [0.5, 0.6) is 0 Å². The Morgan fingerprint density at radius 1 is 1.32 bits per heavy atom. The van der Waals surface area contributed by atoms with Gasteiger partial charge in [-0.3, -0.25) is 4.79 Å². The summed E-state index contributed by atoms with van der Waals surface area (Å²) in [5.41, 5.74) is 1.26. The molecule has 1 amide bonds. The van der Waals surface area contributed by atoms with Crippen molar-refractivity contribution in [2.45, 2.75) is 18.9 Å². The van der Waals surface area contributed by atoms with Crippen LogP contribution in [0.1, 0.15) is 12.8 Å². The summed E-state index contributed by atoms with van der Waals surface area (Å²) in [5, 5.41) is 6.40. The smallest absolute Gasteiger partial charge is 0.221 e. The van der Waals surface area contributed by atoms with Crippen LogP contribution in [0.25, 0.3) is 0 Å². The summed E-state index contributed by atoms with van der Waals surface area (Å²) in [6.07, 6.45) is 1.63. The van der Waals surface area contributed by atoms with Gasteiger partial charge in [-0.15, -0.1) is 24.8 Å². The van der Waals surface area contributed by atoms with Crippen LogP contribution in [0.3, 0.4) is 0 Å². The van der Waals surface area contributed by atoms with Crippen molar-refractivity contribution >= 4 is 52.3 Å². The van der Waals surface area contributed by atoms with Crippen LogP contribution >= 0.6 is 40.7 Å². The van der Waals surface area contributed by atoms with E-state index in [4.69, 9.17) is 4.74 Å². The van der Waals surface area contributed by atoms with Gasteiger partial charge in [-0.05, 0) is 36.6 Å². The van der Waals surface area contributed by atoms with Gasteiger partial charge < -0.3 is 20.3 Å². The Labute approximate surface area is 170 Å². The molecule has 1 aromatic rings. The average Bonchev–Trinajstić information content (AvgIpc) is 3.04. The number of morpholine rings is 1. The molecule has 2 atom stereocenters. The second-order valence-corrected chi connectivity index (χ2v) is 7.23. The minimum Gasteiger partial charge on any atom is -0.378 e. The van der Waals surface area contributed by atoms with Crippen molar-refractivity contribution in [1.82, 2.24) is 10.6 Å². The van der Waals surface area contributed by atoms with E-state index >= 15 is 0 Å². The van der Waals surface area contributed by atoms with Gasteiger partial charge in [-0.2, -0.15) is 0 Å². The summed E-state index contributed by atoms with van der Waals surface area (Å²) in [4.78, 5) is 14.4. The summed E-state index contributed by atoms with van der Waals surface area (Å²) in [6, 6.07) is 8.58. The number of ether oxygens (including phenoxy) is 1. The van der Waals surface area contributed by atoms with E-state index in [1.807, 2.05) is 0 Å². The molecule has 0 spiro atoms.